The maximum atomic E-state index is 10.5. The number of aryl methyl sites for hydroxylation is 1. The molecular weight excluding hydrogens is 211 g/mol. The minimum absolute atomic E-state index is 0.0600. The first kappa shape index (κ1) is 8.24. The molecule has 4 heteroatoms. The Morgan fingerprint density at radius 3 is 2.64 bits per heavy atom. The van der Waals surface area contributed by atoms with Gasteiger partial charge in [0.05, 0.1) is 0 Å². The topological polar surface area (TPSA) is 54.4 Å². The molecule has 0 unspecified atom stereocenters. The first-order valence-electron chi connectivity index (χ1n) is 2.94. The Bertz CT molecular complexity index is 301. The van der Waals surface area contributed by atoms with Gasteiger partial charge in [-0.25, -0.2) is 0 Å². The molecule has 11 heavy (non-hydrogen) atoms. The third-order valence-electron chi connectivity index (χ3n) is 1.28. The van der Waals surface area contributed by atoms with Gasteiger partial charge in [0.1, 0.15) is 0 Å². The van der Waals surface area contributed by atoms with E-state index < -0.39 is 5.97 Å². The summed E-state index contributed by atoms with van der Waals surface area (Å²) in [7, 11) is 0. The first-order valence-corrected chi connectivity index (χ1v) is 4.65. The fraction of sp³-hybridized carbons (Fsp3) is 0.143. The number of aromatic carboxylic acids is 1. The van der Waals surface area contributed by atoms with Gasteiger partial charge in [-0.05, 0) is 0 Å². The number of hydrogen-bond acceptors (Lipinski definition) is 2. The van der Waals surface area contributed by atoms with Crippen LogP contribution in [0.4, 0.5) is 0 Å². The molecule has 0 spiro atoms. The van der Waals surface area contributed by atoms with Gasteiger partial charge in [-0.2, -0.15) is 0 Å². The molecule has 0 saturated carbocycles. The van der Waals surface area contributed by atoms with Crippen molar-refractivity contribution in [1.29, 1.82) is 0 Å². The maximum absolute atomic E-state index is 10.5. The van der Waals surface area contributed by atoms with E-state index in [0.717, 1.165) is 10.7 Å². The van der Waals surface area contributed by atoms with Crippen LogP contribution in [0.15, 0.2) is 6.07 Å². The molecule has 0 radical (unpaired) electrons. The monoisotopic (exact) mass is 218 g/mol. The number of carbonyl (C=O) groups excluding carboxylic acids is 1. The number of carboxylic acid groups (broad SMARTS) is 1. The van der Waals surface area contributed by atoms with Gasteiger partial charge in [0, 0.05) is 0 Å². The molecule has 1 aromatic heterocycles. The molecule has 1 aromatic rings. The van der Waals surface area contributed by atoms with E-state index in [1.165, 1.54) is 6.07 Å². The molecule has 1 N–H and O–H groups in total. The summed E-state index contributed by atoms with van der Waals surface area (Å²) in [5.74, 6) is -0.943. The van der Waals surface area contributed by atoms with Crippen molar-refractivity contribution in [2.75, 3.05) is 0 Å². The van der Waals surface area contributed by atoms with Crippen LogP contribution in [0.2, 0.25) is 0 Å². The molecule has 0 saturated heterocycles. The average molecular weight is 217 g/mol. The molecule has 1 heterocycles. The zero-order valence-corrected chi connectivity index (χ0v) is 7.54. The van der Waals surface area contributed by atoms with Gasteiger partial charge in [0.15, 0.2) is 0 Å². The molecule has 58 valence electrons. The predicted octanol–water partition coefficient (Wildman–Crippen LogP) is 0.563. The Kier molecular flexibility index (Phi) is 2.27. The number of hydrogen-bond donors (Lipinski definition) is 1. The van der Waals surface area contributed by atoms with Gasteiger partial charge < -0.3 is 0 Å². The van der Waals surface area contributed by atoms with Crippen LogP contribution in [-0.4, -0.2) is 31.9 Å². The standard InChI is InChI=1S/C7H6O3Se/c1-4-6(7(9)10)2-5(3-8)11-4/h2-3H,1H3,(H,9,10). The zero-order valence-electron chi connectivity index (χ0n) is 5.83. The van der Waals surface area contributed by atoms with Crippen LogP contribution in [0.1, 0.15) is 24.0 Å². The Labute approximate surface area is 69.4 Å². The molecular formula is C7H6O3Se. The van der Waals surface area contributed by atoms with Crippen molar-refractivity contribution in [2.24, 2.45) is 0 Å². The van der Waals surface area contributed by atoms with Gasteiger partial charge >= 0.3 is 68.9 Å². The predicted molar refractivity (Wildman–Crippen MR) is 40.5 cm³/mol. The molecule has 0 aliphatic carbocycles. The Morgan fingerprint density at radius 2 is 2.36 bits per heavy atom. The van der Waals surface area contributed by atoms with Gasteiger partial charge in [-0.15, -0.1) is 0 Å². The summed E-state index contributed by atoms with van der Waals surface area (Å²) in [6.07, 6.45) is 0.722. The van der Waals surface area contributed by atoms with Crippen molar-refractivity contribution in [3.05, 3.63) is 20.5 Å². The first-order chi connectivity index (χ1) is 5.15. The Balaban J connectivity index is 3.16. The number of aldehydes is 1. The number of carbonyl (C=O) groups is 2. The zero-order chi connectivity index (χ0) is 8.43. The molecule has 0 aromatic carbocycles. The molecule has 0 fully saturated rings. The molecule has 3 nitrogen and oxygen atoms in total. The van der Waals surface area contributed by atoms with Gasteiger partial charge in [0.2, 0.25) is 0 Å². The fourth-order valence-electron chi connectivity index (χ4n) is 0.776. The van der Waals surface area contributed by atoms with Crippen LogP contribution >= 0.6 is 0 Å². The van der Waals surface area contributed by atoms with E-state index in [-0.39, 0.29) is 20.1 Å². The second-order valence-electron chi connectivity index (χ2n) is 2.04. The molecule has 0 amide bonds. The summed E-state index contributed by atoms with van der Waals surface area (Å²) < 4.78 is 1.42. The third kappa shape index (κ3) is 1.59. The van der Waals surface area contributed by atoms with E-state index in [1.54, 1.807) is 6.92 Å². The van der Waals surface area contributed by atoms with Crippen molar-refractivity contribution in [3.8, 4) is 0 Å². The molecule has 0 bridgehead atoms. The summed E-state index contributed by atoms with van der Waals surface area (Å²) in [4.78, 5) is 20.7. The van der Waals surface area contributed by atoms with E-state index in [1.807, 2.05) is 0 Å². The van der Waals surface area contributed by atoms with Gasteiger partial charge in [-0.1, -0.05) is 0 Å². The van der Waals surface area contributed by atoms with Crippen molar-refractivity contribution in [1.82, 2.24) is 0 Å². The summed E-state index contributed by atoms with van der Waals surface area (Å²) in [6, 6.07) is 1.45. The Hall–Kier alpha value is -0.861. The average Bonchev–Trinajstić information content (AvgIpc) is 2.30. The fourth-order valence-corrected chi connectivity index (χ4v) is 2.53. The quantitative estimate of drug-likeness (QED) is 0.581. The summed E-state index contributed by atoms with van der Waals surface area (Å²) in [6.45, 7) is 1.75. The molecule has 0 aliphatic heterocycles. The van der Waals surface area contributed by atoms with Crippen molar-refractivity contribution in [2.45, 2.75) is 6.92 Å². The van der Waals surface area contributed by atoms with Crippen molar-refractivity contribution in [3.63, 3.8) is 0 Å². The third-order valence-corrected chi connectivity index (χ3v) is 3.33. The molecule has 0 aliphatic rings. The van der Waals surface area contributed by atoms with Gasteiger partial charge in [0.25, 0.3) is 0 Å². The Morgan fingerprint density at radius 1 is 1.73 bits per heavy atom. The van der Waals surface area contributed by atoms with Crippen LogP contribution in [0, 0.1) is 6.92 Å². The van der Waals surface area contributed by atoms with Crippen LogP contribution in [0.5, 0.6) is 0 Å². The van der Waals surface area contributed by atoms with E-state index in [9.17, 15) is 9.59 Å². The number of rotatable bonds is 2. The van der Waals surface area contributed by atoms with Crippen molar-refractivity contribution >= 4 is 26.8 Å². The van der Waals surface area contributed by atoms with E-state index >= 15 is 0 Å². The number of carboxylic acids is 1. The van der Waals surface area contributed by atoms with E-state index in [0.29, 0.717) is 4.44 Å². The van der Waals surface area contributed by atoms with Crippen LogP contribution in [0.25, 0.3) is 0 Å². The summed E-state index contributed by atoms with van der Waals surface area (Å²) in [5, 5.41) is 8.59. The van der Waals surface area contributed by atoms with Crippen LogP contribution < -0.4 is 0 Å². The normalized spacial score (nSPS) is 9.55. The molecule has 1 rings (SSSR count). The SMILES string of the molecule is Cc1[se]c(C=O)cc1C(=O)O. The van der Waals surface area contributed by atoms with Crippen LogP contribution in [-0.2, 0) is 0 Å². The van der Waals surface area contributed by atoms with Crippen molar-refractivity contribution < 1.29 is 14.7 Å². The second kappa shape index (κ2) is 3.03. The van der Waals surface area contributed by atoms with E-state index in [4.69, 9.17) is 5.11 Å². The van der Waals surface area contributed by atoms with E-state index in [2.05, 4.69) is 0 Å². The van der Waals surface area contributed by atoms with Gasteiger partial charge in [-0.3, -0.25) is 0 Å². The minimum atomic E-state index is -0.943. The van der Waals surface area contributed by atoms with Crippen LogP contribution in [0.3, 0.4) is 0 Å². The summed E-state index contributed by atoms with van der Waals surface area (Å²) >= 11 is -0.0600. The second-order valence-corrected chi connectivity index (χ2v) is 4.74. The molecule has 0 atom stereocenters. The summed E-state index contributed by atoms with van der Waals surface area (Å²) in [5.41, 5.74) is 0.284.